The highest BCUT2D eigenvalue weighted by Crippen LogP contribution is 2.23. The fraction of sp³-hybridized carbons (Fsp3) is 0.438. The van der Waals surface area contributed by atoms with Crippen molar-refractivity contribution in [3.8, 4) is 11.5 Å². The molecule has 0 aromatic heterocycles. The van der Waals surface area contributed by atoms with E-state index in [4.69, 9.17) is 37.9 Å². The molecule has 0 unspecified atom stereocenters. The molecule has 0 saturated heterocycles. The van der Waals surface area contributed by atoms with E-state index in [-0.39, 0.29) is 26.4 Å². The van der Waals surface area contributed by atoms with E-state index < -0.39 is 11.9 Å². The first-order valence-electron chi connectivity index (χ1n) is 14.0. The molecule has 2 aromatic rings. The first-order chi connectivity index (χ1) is 20.5. The van der Waals surface area contributed by atoms with E-state index in [1.807, 2.05) is 12.1 Å². The Morgan fingerprint density at radius 3 is 1.21 bits per heavy atom. The molecule has 0 radical (unpaired) electrons. The van der Waals surface area contributed by atoms with Crippen LogP contribution in [0.4, 0.5) is 0 Å². The maximum absolute atomic E-state index is 12.2. The Morgan fingerprint density at radius 2 is 0.905 bits per heavy atom. The van der Waals surface area contributed by atoms with Gasteiger partial charge in [-0.3, -0.25) is 0 Å². The van der Waals surface area contributed by atoms with Crippen LogP contribution in [0.3, 0.4) is 0 Å². The van der Waals surface area contributed by atoms with Gasteiger partial charge in [-0.2, -0.15) is 0 Å². The molecule has 0 amide bonds. The number of esters is 2. The fourth-order valence-electron chi connectivity index (χ4n) is 3.52. The summed E-state index contributed by atoms with van der Waals surface area (Å²) in [5.74, 6) is -0.00132. The first-order valence-corrected chi connectivity index (χ1v) is 14.0. The molecule has 230 valence electrons. The van der Waals surface area contributed by atoms with Crippen LogP contribution in [0.25, 0.3) is 12.2 Å². The van der Waals surface area contributed by atoms with Crippen molar-refractivity contribution < 1.29 is 47.5 Å². The number of hydrogen-bond donors (Lipinski definition) is 0. The summed E-state index contributed by atoms with van der Waals surface area (Å²) in [7, 11) is 0. The van der Waals surface area contributed by atoms with E-state index in [9.17, 15) is 9.59 Å². The molecule has 0 bridgehead atoms. The quantitative estimate of drug-likeness (QED) is 0.132. The highest BCUT2D eigenvalue weighted by Gasteiger charge is 2.15. The fourth-order valence-corrected chi connectivity index (χ4v) is 3.52. The van der Waals surface area contributed by atoms with Gasteiger partial charge in [0.05, 0.1) is 66.1 Å². The normalized spacial score (nSPS) is 10.6. The molecule has 2 rings (SSSR count). The van der Waals surface area contributed by atoms with Crippen molar-refractivity contribution in [3.63, 3.8) is 0 Å². The molecular weight excluding hydrogens is 544 g/mol. The van der Waals surface area contributed by atoms with Crippen LogP contribution < -0.4 is 9.47 Å². The smallest absolute Gasteiger partial charge is 0.341 e. The van der Waals surface area contributed by atoms with Gasteiger partial charge in [0.25, 0.3) is 0 Å². The van der Waals surface area contributed by atoms with E-state index >= 15 is 0 Å². The lowest BCUT2D eigenvalue weighted by Crippen LogP contribution is -2.15. The van der Waals surface area contributed by atoms with Gasteiger partial charge in [0.15, 0.2) is 0 Å². The van der Waals surface area contributed by atoms with Gasteiger partial charge >= 0.3 is 11.9 Å². The number of hydrogen-bond acceptors (Lipinski definition) is 10. The standard InChI is InChI=1S/C32H42O10/c1-5-25-9-11-29(27(23-25)31(33)39-7-3)41-21-19-37-17-15-35-13-14-36-16-18-38-20-22-42-30-12-10-26(6-2)24-28(30)32(34)40-8-4/h5-6,9-12,23-24H,1-2,7-8,13-22H2,3-4H3. The third-order valence-corrected chi connectivity index (χ3v) is 5.56. The Morgan fingerprint density at radius 1 is 0.571 bits per heavy atom. The molecular formula is C32H42O10. The Kier molecular flexibility index (Phi) is 17.3. The summed E-state index contributed by atoms with van der Waals surface area (Å²) in [5.41, 5.74) is 2.32. The summed E-state index contributed by atoms with van der Waals surface area (Å²) in [6.07, 6.45) is 3.31. The zero-order valence-electron chi connectivity index (χ0n) is 24.6. The maximum Gasteiger partial charge on any atom is 0.341 e. The number of rotatable bonds is 23. The summed E-state index contributed by atoms with van der Waals surface area (Å²) in [5, 5.41) is 0. The predicted molar refractivity (Wildman–Crippen MR) is 159 cm³/mol. The van der Waals surface area contributed by atoms with Gasteiger partial charge in [-0.05, 0) is 49.2 Å². The lowest BCUT2D eigenvalue weighted by molar-refractivity contribution is -0.00707. The Labute approximate surface area is 248 Å². The van der Waals surface area contributed by atoms with Gasteiger partial charge in [-0.15, -0.1) is 0 Å². The third-order valence-electron chi connectivity index (χ3n) is 5.56. The minimum absolute atomic E-state index is 0.280. The topological polar surface area (TPSA) is 108 Å². The maximum atomic E-state index is 12.2. The van der Waals surface area contributed by atoms with Crippen LogP contribution in [0.5, 0.6) is 11.5 Å². The molecule has 10 heteroatoms. The third kappa shape index (κ3) is 12.9. The molecule has 0 saturated carbocycles. The van der Waals surface area contributed by atoms with Crippen LogP contribution in [0.1, 0.15) is 45.7 Å². The minimum atomic E-state index is -0.440. The number of ether oxygens (including phenoxy) is 8. The highest BCUT2D eigenvalue weighted by atomic mass is 16.6. The molecule has 0 N–H and O–H groups in total. The monoisotopic (exact) mass is 586 g/mol. The van der Waals surface area contributed by atoms with Crippen LogP contribution in [0.2, 0.25) is 0 Å². The minimum Gasteiger partial charge on any atom is -0.490 e. The average molecular weight is 587 g/mol. The van der Waals surface area contributed by atoms with Crippen LogP contribution in [0, 0.1) is 0 Å². The van der Waals surface area contributed by atoms with E-state index in [1.54, 1.807) is 50.3 Å². The molecule has 0 atom stereocenters. The molecule has 0 heterocycles. The van der Waals surface area contributed by atoms with Crippen molar-refractivity contribution in [1.29, 1.82) is 0 Å². The second kappa shape index (κ2) is 21.1. The summed E-state index contributed by atoms with van der Waals surface area (Å²) in [6.45, 7) is 15.3. The first kappa shape index (κ1) is 34.5. The van der Waals surface area contributed by atoms with Crippen LogP contribution in [-0.4, -0.2) is 91.2 Å². The van der Waals surface area contributed by atoms with Crippen molar-refractivity contribution in [3.05, 3.63) is 71.8 Å². The largest absolute Gasteiger partial charge is 0.490 e. The lowest BCUT2D eigenvalue weighted by atomic mass is 10.1. The molecule has 42 heavy (non-hydrogen) atoms. The summed E-state index contributed by atoms with van der Waals surface area (Å²) in [4.78, 5) is 24.4. The Balaban J connectivity index is 1.47. The summed E-state index contributed by atoms with van der Waals surface area (Å²) < 4.78 is 43.6. The van der Waals surface area contributed by atoms with E-state index in [2.05, 4.69) is 13.2 Å². The predicted octanol–water partition coefficient (Wildman–Crippen LogP) is 4.85. The second-order valence-corrected chi connectivity index (χ2v) is 8.51. The molecule has 0 fully saturated rings. The molecule has 0 aliphatic heterocycles. The van der Waals surface area contributed by atoms with Crippen LogP contribution >= 0.6 is 0 Å². The van der Waals surface area contributed by atoms with Crippen molar-refractivity contribution in [2.75, 3.05) is 79.3 Å². The lowest BCUT2D eigenvalue weighted by Gasteiger charge is -2.12. The highest BCUT2D eigenvalue weighted by molar-refractivity contribution is 5.93. The molecule has 0 aliphatic rings. The van der Waals surface area contributed by atoms with Crippen molar-refractivity contribution >= 4 is 24.1 Å². The number of benzene rings is 2. The Hall–Kier alpha value is -3.70. The van der Waals surface area contributed by atoms with Crippen molar-refractivity contribution in [2.45, 2.75) is 13.8 Å². The molecule has 0 aliphatic carbocycles. The zero-order chi connectivity index (χ0) is 30.4. The molecule has 10 nitrogen and oxygen atoms in total. The van der Waals surface area contributed by atoms with Gasteiger partial charge in [0.2, 0.25) is 0 Å². The van der Waals surface area contributed by atoms with Crippen LogP contribution in [0.15, 0.2) is 49.6 Å². The zero-order valence-corrected chi connectivity index (χ0v) is 24.6. The second-order valence-electron chi connectivity index (χ2n) is 8.51. The molecule has 0 spiro atoms. The van der Waals surface area contributed by atoms with E-state index in [0.717, 1.165) is 11.1 Å². The van der Waals surface area contributed by atoms with Crippen molar-refractivity contribution in [2.24, 2.45) is 0 Å². The number of carbonyl (C=O) groups is 2. The van der Waals surface area contributed by atoms with Gasteiger partial charge in [-0.25, -0.2) is 9.59 Å². The summed E-state index contributed by atoms with van der Waals surface area (Å²) in [6, 6.07) is 10.4. The number of carbonyl (C=O) groups excluding carboxylic acids is 2. The average Bonchev–Trinajstić information content (AvgIpc) is 3.01. The Bertz CT molecular complexity index is 1030. The van der Waals surface area contributed by atoms with Crippen LogP contribution in [-0.2, 0) is 28.4 Å². The SMILES string of the molecule is C=Cc1ccc(OCCOCCOCCOCCOCCOc2ccc(C=C)cc2C(=O)OCC)c(C(=O)OCC)c1. The molecule has 2 aromatic carbocycles. The summed E-state index contributed by atoms with van der Waals surface area (Å²) >= 11 is 0. The van der Waals surface area contributed by atoms with E-state index in [1.165, 1.54) is 0 Å². The van der Waals surface area contributed by atoms with Crippen molar-refractivity contribution in [1.82, 2.24) is 0 Å². The van der Waals surface area contributed by atoms with E-state index in [0.29, 0.717) is 75.5 Å². The van der Waals surface area contributed by atoms with Gasteiger partial charge in [0, 0.05) is 0 Å². The van der Waals surface area contributed by atoms with Gasteiger partial charge in [-0.1, -0.05) is 37.4 Å². The van der Waals surface area contributed by atoms with Gasteiger partial charge < -0.3 is 37.9 Å². The van der Waals surface area contributed by atoms with Gasteiger partial charge in [0.1, 0.15) is 35.8 Å².